The number of aryl methyl sites for hydroxylation is 1. The van der Waals surface area contributed by atoms with Gasteiger partial charge < -0.3 is 5.32 Å². The standard InChI is InChI=1S/C13H17ClN4S/c1-8(2)15-7-10-11(14)5-4-6-12(10)19-13-16-9(3)17-18-13/h4-6,8,15H,7H2,1-3H3,(H,16,17,18). The number of nitrogens with zero attached hydrogens (tertiary/aromatic N) is 2. The number of halogens is 1. The first-order chi connectivity index (χ1) is 9.06. The van der Waals surface area contributed by atoms with E-state index >= 15 is 0 Å². The van der Waals surface area contributed by atoms with E-state index in [1.807, 2.05) is 25.1 Å². The average Bonchev–Trinajstić information content (AvgIpc) is 2.74. The van der Waals surface area contributed by atoms with Gasteiger partial charge in [0.05, 0.1) is 0 Å². The van der Waals surface area contributed by atoms with Crippen LogP contribution in [0.5, 0.6) is 0 Å². The minimum absolute atomic E-state index is 0.417. The second-order valence-electron chi connectivity index (χ2n) is 4.56. The lowest BCUT2D eigenvalue weighted by Gasteiger charge is -2.13. The number of hydrogen-bond acceptors (Lipinski definition) is 4. The Balaban J connectivity index is 2.21. The fourth-order valence-electron chi connectivity index (χ4n) is 1.58. The van der Waals surface area contributed by atoms with Crippen molar-refractivity contribution in [1.29, 1.82) is 0 Å². The van der Waals surface area contributed by atoms with E-state index in [1.165, 1.54) is 11.8 Å². The molecule has 0 bridgehead atoms. The number of aromatic amines is 1. The van der Waals surface area contributed by atoms with Gasteiger partial charge in [0.15, 0.2) is 0 Å². The molecular weight excluding hydrogens is 280 g/mol. The molecule has 19 heavy (non-hydrogen) atoms. The number of rotatable bonds is 5. The smallest absolute Gasteiger partial charge is 0.213 e. The molecule has 6 heteroatoms. The summed E-state index contributed by atoms with van der Waals surface area (Å²) in [7, 11) is 0. The van der Waals surface area contributed by atoms with Crippen LogP contribution in [0, 0.1) is 6.92 Å². The first kappa shape index (κ1) is 14.4. The monoisotopic (exact) mass is 296 g/mol. The van der Waals surface area contributed by atoms with Gasteiger partial charge in [0.1, 0.15) is 5.82 Å². The van der Waals surface area contributed by atoms with Gasteiger partial charge in [0.2, 0.25) is 5.16 Å². The molecule has 0 spiro atoms. The summed E-state index contributed by atoms with van der Waals surface area (Å²) in [6.45, 7) is 6.85. The fourth-order valence-corrected chi connectivity index (χ4v) is 2.80. The van der Waals surface area contributed by atoms with Crippen molar-refractivity contribution in [3.8, 4) is 0 Å². The summed E-state index contributed by atoms with van der Waals surface area (Å²) >= 11 is 7.81. The summed E-state index contributed by atoms with van der Waals surface area (Å²) in [4.78, 5) is 5.39. The molecule has 2 aromatic rings. The van der Waals surface area contributed by atoms with Gasteiger partial charge in [-0.3, -0.25) is 5.10 Å². The molecule has 2 N–H and O–H groups in total. The van der Waals surface area contributed by atoms with Gasteiger partial charge in [-0.05, 0) is 36.4 Å². The third-order valence-electron chi connectivity index (χ3n) is 2.54. The van der Waals surface area contributed by atoms with Gasteiger partial charge in [-0.1, -0.05) is 31.5 Å². The van der Waals surface area contributed by atoms with E-state index < -0.39 is 0 Å². The predicted octanol–water partition coefficient (Wildman–Crippen LogP) is 3.42. The van der Waals surface area contributed by atoms with Crippen molar-refractivity contribution in [3.05, 3.63) is 34.6 Å². The molecule has 0 aliphatic heterocycles. The number of hydrogen-bond donors (Lipinski definition) is 2. The van der Waals surface area contributed by atoms with E-state index in [9.17, 15) is 0 Å². The maximum absolute atomic E-state index is 6.28. The summed E-state index contributed by atoms with van der Waals surface area (Å²) < 4.78 is 0. The van der Waals surface area contributed by atoms with Crippen molar-refractivity contribution in [3.63, 3.8) is 0 Å². The zero-order valence-corrected chi connectivity index (χ0v) is 12.8. The molecule has 0 atom stereocenters. The molecule has 0 fully saturated rings. The largest absolute Gasteiger partial charge is 0.310 e. The van der Waals surface area contributed by atoms with Crippen LogP contribution in [-0.4, -0.2) is 21.2 Å². The molecule has 2 rings (SSSR count). The molecule has 0 unspecified atom stereocenters. The van der Waals surface area contributed by atoms with Gasteiger partial charge >= 0.3 is 0 Å². The Labute approximate surface area is 122 Å². The van der Waals surface area contributed by atoms with Crippen LogP contribution < -0.4 is 5.32 Å². The quantitative estimate of drug-likeness (QED) is 0.888. The Bertz CT molecular complexity index is 553. The van der Waals surface area contributed by atoms with Crippen molar-refractivity contribution in [1.82, 2.24) is 20.5 Å². The maximum atomic E-state index is 6.28. The van der Waals surface area contributed by atoms with E-state index in [2.05, 4.69) is 34.3 Å². The highest BCUT2D eigenvalue weighted by Crippen LogP contribution is 2.32. The van der Waals surface area contributed by atoms with Gasteiger partial charge in [0, 0.05) is 22.5 Å². The van der Waals surface area contributed by atoms with Crippen LogP contribution in [-0.2, 0) is 6.54 Å². The second kappa shape index (κ2) is 6.41. The number of benzene rings is 1. The minimum Gasteiger partial charge on any atom is -0.310 e. The number of H-pyrrole nitrogens is 1. The Morgan fingerprint density at radius 2 is 2.21 bits per heavy atom. The summed E-state index contributed by atoms with van der Waals surface area (Å²) in [5.41, 5.74) is 1.09. The van der Waals surface area contributed by atoms with Crippen molar-refractivity contribution in [2.24, 2.45) is 0 Å². The molecule has 0 saturated heterocycles. The third-order valence-corrected chi connectivity index (χ3v) is 3.86. The van der Waals surface area contributed by atoms with Crippen LogP contribution in [0.4, 0.5) is 0 Å². The highest BCUT2D eigenvalue weighted by atomic mass is 35.5. The summed E-state index contributed by atoms with van der Waals surface area (Å²) in [6, 6.07) is 6.31. The van der Waals surface area contributed by atoms with E-state index in [-0.39, 0.29) is 0 Å². The predicted molar refractivity (Wildman–Crippen MR) is 78.7 cm³/mol. The molecule has 4 nitrogen and oxygen atoms in total. The third kappa shape index (κ3) is 3.96. The average molecular weight is 297 g/mol. The second-order valence-corrected chi connectivity index (χ2v) is 5.97. The normalized spacial score (nSPS) is 11.2. The Morgan fingerprint density at radius 3 is 2.84 bits per heavy atom. The zero-order valence-electron chi connectivity index (χ0n) is 11.2. The van der Waals surface area contributed by atoms with Crippen molar-refractivity contribution >= 4 is 23.4 Å². The van der Waals surface area contributed by atoms with E-state index in [4.69, 9.17) is 11.6 Å². The molecule has 0 aliphatic rings. The maximum Gasteiger partial charge on any atom is 0.213 e. The SMILES string of the molecule is Cc1nc(Sc2cccc(Cl)c2CNC(C)C)n[nH]1. The highest BCUT2D eigenvalue weighted by Gasteiger charge is 2.11. The van der Waals surface area contributed by atoms with Crippen LogP contribution in [0.25, 0.3) is 0 Å². The van der Waals surface area contributed by atoms with E-state index in [1.54, 1.807) is 0 Å². The molecule has 1 aromatic carbocycles. The molecule has 0 aliphatic carbocycles. The Hall–Kier alpha value is -1.04. The summed E-state index contributed by atoms with van der Waals surface area (Å²) in [5, 5.41) is 11.9. The van der Waals surface area contributed by atoms with Crippen molar-refractivity contribution in [2.75, 3.05) is 0 Å². The van der Waals surface area contributed by atoms with Crippen LogP contribution in [0.3, 0.4) is 0 Å². The van der Waals surface area contributed by atoms with Gasteiger partial charge in [-0.15, -0.1) is 5.10 Å². The van der Waals surface area contributed by atoms with Crippen LogP contribution >= 0.6 is 23.4 Å². The number of aromatic nitrogens is 3. The highest BCUT2D eigenvalue weighted by molar-refractivity contribution is 7.99. The molecule has 102 valence electrons. The summed E-state index contributed by atoms with van der Waals surface area (Å²) in [5.74, 6) is 0.811. The Morgan fingerprint density at radius 1 is 1.42 bits per heavy atom. The zero-order chi connectivity index (χ0) is 13.8. The van der Waals surface area contributed by atoms with Gasteiger partial charge in [-0.25, -0.2) is 4.98 Å². The fraction of sp³-hybridized carbons (Fsp3) is 0.385. The molecule has 1 aromatic heterocycles. The Kier molecular flexibility index (Phi) is 4.85. The topological polar surface area (TPSA) is 53.6 Å². The molecular formula is C13H17ClN4S. The lowest BCUT2D eigenvalue weighted by atomic mass is 10.2. The van der Waals surface area contributed by atoms with Crippen LogP contribution in [0.1, 0.15) is 25.2 Å². The lowest BCUT2D eigenvalue weighted by molar-refractivity contribution is 0.585. The van der Waals surface area contributed by atoms with Crippen LogP contribution in [0.15, 0.2) is 28.3 Å². The molecule has 0 saturated carbocycles. The van der Waals surface area contributed by atoms with Crippen molar-refractivity contribution < 1.29 is 0 Å². The first-order valence-corrected chi connectivity index (χ1v) is 7.33. The molecule has 0 radical (unpaired) electrons. The first-order valence-electron chi connectivity index (χ1n) is 6.14. The van der Waals surface area contributed by atoms with Crippen LogP contribution in [0.2, 0.25) is 5.02 Å². The van der Waals surface area contributed by atoms with Gasteiger partial charge in [0.25, 0.3) is 0 Å². The molecule has 0 amide bonds. The molecule has 1 heterocycles. The van der Waals surface area contributed by atoms with Gasteiger partial charge in [-0.2, -0.15) is 0 Å². The van der Waals surface area contributed by atoms with E-state index in [0.717, 1.165) is 27.9 Å². The summed E-state index contributed by atoms with van der Waals surface area (Å²) in [6.07, 6.45) is 0. The van der Waals surface area contributed by atoms with Crippen molar-refractivity contribution in [2.45, 2.75) is 43.4 Å². The van der Waals surface area contributed by atoms with E-state index in [0.29, 0.717) is 11.2 Å². The minimum atomic E-state index is 0.417. The number of nitrogens with one attached hydrogen (secondary N) is 2. The lowest BCUT2D eigenvalue weighted by Crippen LogP contribution is -2.22.